The van der Waals surface area contributed by atoms with Crippen LogP contribution in [0.2, 0.25) is 0 Å². The van der Waals surface area contributed by atoms with Crippen molar-refractivity contribution in [2.45, 2.75) is 51.4 Å². The average molecular weight is 204 g/mol. The second kappa shape index (κ2) is 5.53. The molecule has 0 aliphatic heterocycles. The molecule has 0 N–H and O–H groups in total. The fourth-order valence-corrected chi connectivity index (χ4v) is 3.08. The number of hydrogen-bond acceptors (Lipinski definition) is 0. The highest BCUT2D eigenvalue weighted by Gasteiger charge is 2.20. The third-order valence-electron chi connectivity index (χ3n) is 4.15. The molecule has 0 radical (unpaired) electrons. The van der Waals surface area contributed by atoms with E-state index in [0.717, 1.165) is 17.8 Å². The van der Waals surface area contributed by atoms with E-state index in [2.05, 4.69) is 24.8 Å². The van der Waals surface area contributed by atoms with E-state index in [-0.39, 0.29) is 0 Å². The molecule has 2 saturated carbocycles. The van der Waals surface area contributed by atoms with Gasteiger partial charge in [0.25, 0.3) is 0 Å². The van der Waals surface area contributed by atoms with Gasteiger partial charge in [-0.05, 0) is 49.9 Å². The molecule has 0 aromatic rings. The van der Waals surface area contributed by atoms with Crippen LogP contribution in [0.5, 0.6) is 0 Å². The first-order valence-electron chi connectivity index (χ1n) is 6.69. The van der Waals surface area contributed by atoms with Gasteiger partial charge in [0.1, 0.15) is 0 Å². The van der Waals surface area contributed by atoms with Gasteiger partial charge in [0.2, 0.25) is 0 Å². The first kappa shape index (κ1) is 11.0. The largest absolute Gasteiger partial charge is 0.103 e. The number of rotatable bonds is 3. The molecule has 0 aromatic carbocycles. The molecule has 0 nitrogen and oxygen atoms in total. The molecule has 2 atom stereocenters. The van der Waals surface area contributed by atoms with E-state index in [9.17, 15) is 0 Å². The summed E-state index contributed by atoms with van der Waals surface area (Å²) in [5.74, 6) is 2.56. The monoisotopic (exact) mass is 204 g/mol. The van der Waals surface area contributed by atoms with Gasteiger partial charge in [-0.25, -0.2) is 0 Å². The zero-order valence-corrected chi connectivity index (χ0v) is 9.83. The molecule has 0 amide bonds. The van der Waals surface area contributed by atoms with Gasteiger partial charge in [-0.1, -0.05) is 37.5 Å². The highest BCUT2D eigenvalue weighted by atomic mass is 14.3. The summed E-state index contributed by atoms with van der Waals surface area (Å²) in [6.07, 6.45) is 18.5. The van der Waals surface area contributed by atoms with Crippen LogP contribution in [0.1, 0.15) is 51.4 Å². The third-order valence-corrected chi connectivity index (χ3v) is 4.15. The summed E-state index contributed by atoms with van der Waals surface area (Å²) in [4.78, 5) is 0. The predicted octanol–water partition coefficient (Wildman–Crippen LogP) is 4.73. The molecule has 0 heteroatoms. The molecule has 0 unspecified atom stereocenters. The Balaban J connectivity index is 1.76. The number of allylic oxidation sites excluding steroid dienone is 3. The summed E-state index contributed by atoms with van der Waals surface area (Å²) in [5, 5.41) is 0. The van der Waals surface area contributed by atoms with E-state index in [4.69, 9.17) is 0 Å². The van der Waals surface area contributed by atoms with Crippen molar-refractivity contribution < 1.29 is 0 Å². The Morgan fingerprint density at radius 3 is 2.07 bits per heavy atom. The molecule has 2 fully saturated rings. The first-order valence-corrected chi connectivity index (χ1v) is 6.69. The zero-order chi connectivity index (χ0) is 10.5. The van der Waals surface area contributed by atoms with Crippen molar-refractivity contribution in [3.63, 3.8) is 0 Å². The van der Waals surface area contributed by atoms with Crippen LogP contribution in [-0.2, 0) is 0 Å². The van der Waals surface area contributed by atoms with Gasteiger partial charge in [0.15, 0.2) is 0 Å². The van der Waals surface area contributed by atoms with Crippen LogP contribution < -0.4 is 0 Å². The van der Waals surface area contributed by atoms with Crippen molar-refractivity contribution in [2.75, 3.05) is 0 Å². The third kappa shape index (κ3) is 3.22. The maximum atomic E-state index is 3.90. The quantitative estimate of drug-likeness (QED) is 0.583. The second-order valence-electron chi connectivity index (χ2n) is 5.35. The molecule has 0 saturated heterocycles. The molecule has 0 aromatic heterocycles. The normalized spacial score (nSPS) is 33.6. The Kier molecular flexibility index (Phi) is 4.05. The zero-order valence-electron chi connectivity index (χ0n) is 9.83. The predicted molar refractivity (Wildman–Crippen MR) is 66.7 cm³/mol. The molecule has 0 heterocycles. The van der Waals surface area contributed by atoms with Crippen LogP contribution in [0, 0.1) is 17.8 Å². The highest BCUT2D eigenvalue weighted by Crippen LogP contribution is 2.33. The molecular weight excluding hydrogens is 180 g/mol. The van der Waals surface area contributed by atoms with Crippen LogP contribution in [0.25, 0.3) is 0 Å². The van der Waals surface area contributed by atoms with Crippen molar-refractivity contribution >= 4 is 0 Å². The fourth-order valence-electron chi connectivity index (χ4n) is 3.08. The summed E-state index contributed by atoms with van der Waals surface area (Å²) in [6, 6.07) is 0. The van der Waals surface area contributed by atoms with Gasteiger partial charge < -0.3 is 0 Å². The van der Waals surface area contributed by atoms with Crippen molar-refractivity contribution in [2.24, 2.45) is 17.8 Å². The van der Waals surface area contributed by atoms with Crippen LogP contribution in [0.3, 0.4) is 0 Å². The molecule has 84 valence electrons. The van der Waals surface area contributed by atoms with Crippen LogP contribution in [0.15, 0.2) is 24.8 Å². The van der Waals surface area contributed by atoms with E-state index in [1.165, 1.54) is 51.4 Å². The number of hydrogen-bond donors (Lipinski definition) is 0. The van der Waals surface area contributed by atoms with Gasteiger partial charge in [-0.2, -0.15) is 0 Å². The Bertz CT molecular complexity index is 220. The van der Waals surface area contributed by atoms with E-state index < -0.39 is 0 Å². The Hall–Kier alpha value is -0.520. The van der Waals surface area contributed by atoms with Crippen LogP contribution >= 0.6 is 0 Å². The minimum atomic E-state index is 0.797. The molecule has 15 heavy (non-hydrogen) atoms. The van der Waals surface area contributed by atoms with Gasteiger partial charge in [0.05, 0.1) is 0 Å². The van der Waals surface area contributed by atoms with Gasteiger partial charge >= 0.3 is 0 Å². The topological polar surface area (TPSA) is 0 Å². The van der Waals surface area contributed by atoms with Gasteiger partial charge in [-0.15, -0.1) is 6.58 Å². The minimum absolute atomic E-state index is 0.797. The van der Waals surface area contributed by atoms with E-state index >= 15 is 0 Å². The van der Waals surface area contributed by atoms with Crippen molar-refractivity contribution in [1.29, 1.82) is 0 Å². The van der Waals surface area contributed by atoms with E-state index in [0.29, 0.717) is 0 Å². The van der Waals surface area contributed by atoms with Crippen LogP contribution in [0.4, 0.5) is 0 Å². The smallest absolute Gasteiger partial charge is 0.0228 e. The molecule has 2 aliphatic rings. The Morgan fingerprint density at radius 1 is 0.733 bits per heavy atom. The Morgan fingerprint density at radius 2 is 1.40 bits per heavy atom. The van der Waals surface area contributed by atoms with E-state index in [1.54, 1.807) is 0 Å². The lowest BCUT2D eigenvalue weighted by atomic mass is 9.88. The summed E-state index contributed by atoms with van der Waals surface area (Å²) in [5.41, 5.74) is 0. The summed E-state index contributed by atoms with van der Waals surface area (Å²) in [6.45, 7) is 3.90. The molecule has 2 aliphatic carbocycles. The van der Waals surface area contributed by atoms with Gasteiger partial charge in [-0.3, -0.25) is 0 Å². The lowest BCUT2D eigenvalue weighted by Crippen LogP contribution is -2.03. The van der Waals surface area contributed by atoms with E-state index in [1.807, 2.05) is 0 Å². The molecular formula is C15H24. The average Bonchev–Trinajstić information content (AvgIpc) is 2.76. The SMILES string of the molecule is C=C[C@@H]1CC[C@H](/C=C\C2CCCCC2)C1. The standard InChI is InChI=1S/C15H24/c1-2-13-8-10-15(12-13)11-9-14-6-4-3-5-7-14/h2,9,11,13-15H,1,3-8,10,12H2/b11-9-/t13-,15-/m1/s1. The van der Waals surface area contributed by atoms with Gasteiger partial charge in [0, 0.05) is 0 Å². The lowest BCUT2D eigenvalue weighted by Gasteiger charge is -2.18. The van der Waals surface area contributed by atoms with Crippen molar-refractivity contribution in [1.82, 2.24) is 0 Å². The molecule has 0 spiro atoms. The summed E-state index contributed by atoms with van der Waals surface area (Å²) in [7, 11) is 0. The Labute approximate surface area is 94.5 Å². The first-order chi connectivity index (χ1) is 7.38. The van der Waals surface area contributed by atoms with Crippen molar-refractivity contribution in [3.05, 3.63) is 24.8 Å². The maximum absolute atomic E-state index is 3.90. The summed E-state index contributed by atoms with van der Waals surface area (Å²) < 4.78 is 0. The molecule has 0 bridgehead atoms. The maximum Gasteiger partial charge on any atom is -0.0228 e. The fraction of sp³-hybridized carbons (Fsp3) is 0.733. The minimum Gasteiger partial charge on any atom is -0.103 e. The van der Waals surface area contributed by atoms with Crippen LogP contribution in [-0.4, -0.2) is 0 Å². The highest BCUT2D eigenvalue weighted by molar-refractivity contribution is 4.99. The molecule has 2 rings (SSSR count). The summed E-state index contributed by atoms with van der Waals surface area (Å²) >= 11 is 0. The van der Waals surface area contributed by atoms with Crippen molar-refractivity contribution in [3.8, 4) is 0 Å². The lowest BCUT2D eigenvalue weighted by molar-refractivity contribution is 0.417. The second-order valence-corrected chi connectivity index (χ2v) is 5.35.